The molecule has 1 N–H and O–H groups in total. The van der Waals surface area contributed by atoms with Crippen molar-refractivity contribution in [3.05, 3.63) is 83.1 Å². The maximum absolute atomic E-state index is 12.7. The first kappa shape index (κ1) is 18.8. The Morgan fingerprint density at radius 3 is 2.52 bits per heavy atom. The summed E-state index contributed by atoms with van der Waals surface area (Å²) < 4.78 is 33.0. The minimum Gasteiger partial charge on any atom is -0.497 e. The summed E-state index contributed by atoms with van der Waals surface area (Å²) in [4.78, 5) is 4.12. The fourth-order valence-corrected chi connectivity index (χ4v) is 3.50. The Morgan fingerprint density at radius 2 is 1.85 bits per heavy atom. The van der Waals surface area contributed by atoms with E-state index < -0.39 is 10.0 Å². The van der Waals surface area contributed by atoms with Gasteiger partial charge in [0.15, 0.2) is 0 Å². The Labute approximate surface area is 163 Å². The maximum atomic E-state index is 12.7. The van der Waals surface area contributed by atoms with Crippen molar-refractivity contribution < 1.29 is 13.2 Å². The number of hydrogen-bond donors (Lipinski definition) is 1. The Balaban J connectivity index is 1.93. The number of methoxy groups -OCH3 is 1. The van der Waals surface area contributed by atoms with Gasteiger partial charge in [0.2, 0.25) is 0 Å². The third kappa shape index (κ3) is 4.79. The van der Waals surface area contributed by atoms with Crippen molar-refractivity contribution in [2.75, 3.05) is 11.8 Å². The highest BCUT2D eigenvalue weighted by Crippen LogP contribution is 2.24. The van der Waals surface area contributed by atoms with Crippen LogP contribution in [0.4, 0.5) is 5.69 Å². The number of aromatic nitrogens is 1. The normalized spacial score (nSPS) is 10.6. The summed E-state index contributed by atoms with van der Waals surface area (Å²) in [6, 6.07) is 14.5. The number of hydrogen-bond acceptors (Lipinski definition) is 4. The third-order valence-electron chi connectivity index (χ3n) is 3.60. The Kier molecular flexibility index (Phi) is 5.65. The molecule has 0 aliphatic rings. The van der Waals surface area contributed by atoms with Crippen molar-refractivity contribution in [3.8, 4) is 17.6 Å². The van der Waals surface area contributed by atoms with Crippen molar-refractivity contribution in [3.63, 3.8) is 0 Å². The Bertz CT molecular complexity index is 1100. The summed E-state index contributed by atoms with van der Waals surface area (Å²) in [5.74, 6) is 6.46. The number of sulfonamides is 1. The van der Waals surface area contributed by atoms with Gasteiger partial charge in [0.25, 0.3) is 10.0 Å². The molecule has 7 heteroatoms. The average Bonchev–Trinajstić information content (AvgIpc) is 2.69. The summed E-state index contributed by atoms with van der Waals surface area (Å²) in [6.07, 6.45) is 3.28. The number of halogens is 1. The van der Waals surface area contributed by atoms with Crippen LogP contribution in [0.3, 0.4) is 0 Å². The lowest BCUT2D eigenvalue weighted by atomic mass is 10.1. The van der Waals surface area contributed by atoms with E-state index in [1.807, 2.05) is 6.07 Å². The molecule has 0 aliphatic heterocycles. The van der Waals surface area contributed by atoms with E-state index in [1.54, 1.807) is 48.8 Å². The minimum atomic E-state index is -3.79. The highest BCUT2D eigenvalue weighted by atomic mass is 35.5. The van der Waals surface area contributed by atoms with E-state index in [-0.39, 0.29) is 4.90 Å². The van der Waals surface area contributed by atoms with E-state index in [9.17, 15) is 8.42 Å². The van der Waals surface area contributed by atoms with E-state index in [0.29, 0.717) is 27.6 Å². The van der Waals surface area contributed by atoms with Crippen molar-refractivity contribution in [2.24, 2.45) is 0 Å². The SMILES string of the molecule is COc1ccc(S(=O)(=O)Nc2ccc(Cl)cc2C#Cc2cccnc2)cc1. The molecule has 0 aliphatic carbocycles. The van der Waals surface area contributed by atoms with Crippen LogP contribution < -0.4 is 9.46 Å². The van der Waals surface area contributed by atoms with Gasteiger partial charge in [-0.1, -0.05) is 23.4 Å². The van der Waals surface area contributed by atoms with Gasteiger partial charge in [0, 0.05) is 23.0 Å². The first-order chi connectivity index (χ1) is 13.0. The first-order valence-electron chi connectivity index (χ1n) is 7.86. The molecule has 27 heavy (non-hydrogen) atoms. The number of ether oxygens (including phenoxy) is 1. The monoisotopic (exact) mass is 398 g/mol. The lowest BCUT2D eigenvalue weighted by Gasteiger charge is -2.11. The summed E-state index contributed by atoms with van der Waals surface area (Å²) in [5, 5.41) is 0.456. The zero-order chi connectivity index (χ0) is 19.3. The van der Waals surface area contributed by atoms with Crippen LogP contribution in [0.25, 0.3) is 0 Å². The number of pyridine rings is 1. The van der Waals surface area contributed by atoms with E-state index in [1.165, 1.54) is 19.2 Å². The molecule has 0 radical (unpaired) electrons. The molecule has 0 fully saturated rings. The molecule has 0 atom stereocenters. The van der Waals surface area contributed by atoms with E-state index in [0.717, 1.165) is 0 Å². The van der Waals surface area contributed by atoms with Crippen LogP contribution in [-0.2, 0) is 10.0 Å². The molecular formula is C20H15ClN2O3S. The molecule has 3 aromatic rings. The van der Waals surface area contributed by atoms with E-state index in [4.69, 9.17) is 16.3 Å². The highest BCUT2D eigenvalue weighted by molar-refractivity contribution is 7.92. The minimum absolute atomic E-state index is 0.115. The Morgan fingerprint density at radius 1 is 1.07 bits per heavy atom. The molecule has 1 heterocycles. The topological polar surface area (TPSA) is 68.3 Å². The molecule has 0 saturated heterocycles. The second-order valence-corrected chi connectivity index (χ2v) is 7.58. The van der Waals surface area contributed by atoms with Crippen LogP contribution in [0, 0.1) is 11.8 Å². The lowest BCUT2D eigenvalue weighted by molar-refractivity contribution is 0.414. The van der Waals surface area contributed by atoms with Crippen molar-refractivity contribution in [1.29, 1.82) is 0 Å². The fraction of sp³-hybridized carbons (Fsp3) is 0.0500. The largest absolute Gasteiger partial charge is 0.497 e. The van der Waals surface area contributed by atoms with Crippen molar-refractivity contribution in [2.45, 2.75) is 4.90 Å². The molecule has 1 aromatic heterocycles. The van der Waals surface area contributed by atoms with Gasteiger partial charge in [-0.2, -0.15) is 0 Å². The molecular weight excluding hydrogens is 384 g/mol. The lowest BCUT2D eigenvalue weighted by Crippen LogP contribution is -2.13. The van der Waals surface area contributed by atoms with Crippen LogP contribution in [0.5, 0.6) is 5.75 Å². The molecule has 0 saturated carbocycles. The zero-order valence-corrected chi connectivity index (χ0v) is 15.9. The van der Waals surface area contributed by atoms with Crippen LogP contribution >= 0.6 is 11.6 Å². The van der Waals surface area contributed by atoms with Crippen LogP contribution in [0.1, 0.15) is 11.1 Å². The second-order valence-electron chi connectivity index (χ2n) is 5.46. The second kappa shape index (κ2) is 8.12. The quantitative estimate of drug-likeness (QED) is 0.676. The maximum Gasteiger partial charge on any atom is 0.261 e. The predicted molar refractivity (Wildman–Crippen MR) is 105 cm³/mol. The fourth-order valence-electron chi connectivity index (χ4n) is 2.24. The van der Waals surface area contributed by atoms with Crippen molar-refractivity contribution in [1.82, 2.24) is 4.98 Å². The molecule has 0 amide bonds. The van der Waals surface area contributed by atoms with Gasteiger partial charge in [0.1, 0.15) is 5.75 Å². The molecule has 5 nitrogen and oxygen atoms in total. The molecule has 0 bridgehead atoms. The van der Waals surface area contributed by atoms with Gasteiger partial charge < -0.3 is 4.74 Å². The van der Waals surface area contributed by atoms with Gasteiger partial charge in [-0.25, -0.2) is 8.42 Å². The zero-order valence-electron chi connectivity index (χ0n) is 14.3. The van der Waals surface area contributed by atoms with E-state index in [2.05, 4.69) is 21.5 Å². The molecule has 2 aromatic carbocycles. The predicted octanol–water partition coefficient (Wildman–Crippen LogP) is 3.94. The number of rotatable bonds is 4. The summed E-state index contributed by atoms with van der Waals surface area (Å²) in [5.41, 5.74) is 1.51. The van der Waals surface area contributed by atoms with Crippen LogP contribution in [0.2, 0.25) is 5.02 Å². The number of nitrogens with zero attached hydrogens (tertiary/aromatic N) is 1. The number of benzene rings is 2. The standard InChI is InChI=1S/C20H15ClN2O3S/c1-26-18-7-9-19(10-8-18)27(24,25)23-20-11-6-17(21)13-16(20)5-4-15-3-2-12-22-14-15/h2-3,6-14,23H,1H3. The van der Waals surface area contributed by atoms with Gasteiger partial charge in [0.05, 0.1) is 23.3 Å². The van der Waals surface area contributed by atoms with E-state index >= 15 is 0 Å². The number of anilines is 1. The summed E-state index contributed by atoms with van der Waals surface area (Å²) in [6.45, 7) is 0. The molecule has 0 spiro atoms. The van der Waals surface area contributed by atoms with Crippen LogP contribution in [-0.4, -0.2) is 20.5 Å². The summed E-state index contributed by atoms with van der Waals surface area (Å²) >= 11 is 6.05. The highest BCUT2D eigenvalue weighted by Gasteiger charge is 2.16. The van der Waals surface area contributed by atoms with Crippen LogP contribution in [0.15, 0.2) is 71.9 Å². The molecule has 136 valence electrons. The average molecular weight is 399 g/mol. The van der Waals surface area contributed by atoms with Gasteiger partial charge >= 0.3 is 0 Å². The smallest absolute Gasteiger partial charge is 0.261 e. The first-order valence-corrected chi connectivity index (χ1v) is 9.72. The van der Waals surface area contributed by atoms with Crippen molar-refractivity contribution >= 4 is 27.3 Å². The molecule has 0 unspecified atom stereocenters. The third-order valence-corrected chi connectivity index (χ3v) is 5.22. The van der Waals surface area contributed by atoms with Gasteiger partial charge in [-0.3, -0.25) is 9.71 Å². The summed E-state index contributed by atoms with van der Waals surface area (Å²) in [7, 11) is -2.27. The Hall–Kier alpha value is -3.01. The van der Waals surface area contributed by atoms with Gasteiger partial charge in [-0.05, 0) is 54.6 Å². The number of nitrogens with one attached hydrogen (secondary N) is 1. The van der Waals surface area contributed by atoms with Gasteiger partial charge in [-0.15, -0.1) is 0 Å². The molecule has 3 rings (SSSR count).